The minimum absolute atomic E-state index is 0.186. The molecule has 0 radical (unpaired) electrons. The van der Waals surface area contributed by atoms with Crippen LogP contribution in [0.1, 0.15) is 47.8 Å². The van der Waals surface area contributed by atoms with Crippen LogP contribution in [0.15, 0.2) is 36.5 Å². The predicted molar refractivity (Wildman–Crippen MR) is 96.1 cm³/mol. The molecule has 122 valence electrons. The number of aryl methyl sites for hydroxylation is 2. The number of carbonyl (C=O) groups excluding carboxylic acids is 1. The smallest absolute Gasteiger partial charge is 0.274 e. The molecule has 23 heavy (non-hydrogen) atoms. The summed E-state index contributed by atoms with van der Waals surface area (Å²) in [6, 6.07) is 9.61. The SMILES string of the molecule is CCCCCNc1ccc(C(=O)Nc2ccc(C)cc2C)nc1. The molecule has 4 heteroatoms. The summed E-state index contributed by atoms with van der Waals surface area (Å²) in [5.74, 6) is -0.186. The van der Waals surface area contributed by atoms with Crippen molar-refractivity contribution < 1.29 is 4.79 Å². The van der Waals surface area contributed by atoms with Crippen LogP contribution < -0.4 is 10.6 Å². The number of hydrogen-bond acceptors (Lipinski definition) is 3. The Morgan fingerprint density at radius 1 is 1.13 bits per heavy atom. The lowest BCUT2D eigenvalue weighted by molar-refractivity contribution is 0.102. The van der Waals surface area contributed by atoms with Gasteiger partial charge in [-0.1, -0.05) is 37.5 Å². The second kappa shape index (κ2) is 8.32. The van der Waals surface area contributed by atoms with E-state index in [1.54, 1.807) is 12.3 Å². The first-order valence-electron chi connectivity index (χ1n) is 8.18. The number of nitrogens with one attached hydrogen (secondary N) is 2. The van der Waals surface area contributed by atoms with Gasteiger partial charge in [-0.05, 0) is 44.0 Å². The van der Waals surface area contributed by atoms with Gasteiger partial charge in [-0.15, -0.1) is 0 Å². The van der Waals surface area contributed by atoms with E-state index in [9.17, 15) is 4.79 Å². The molecule has 2 rings (SSSR count). The van der Waals surface area contributed by atoms with E-state index in [1.165, 1.54) is 18.4 Å². The van der Waals surface area contributed by atoms with E-state index in [4.69, 9.17) is 0 Å². The van der Waals surface area contributed by atoms with Crippen LogP contribution >= 0.6 is 0 Å². The van der Waals surface area contributed by atoms with Crippen molar-refractivity contribution in [2.24, 2.45) is 0 Å². The molecule has 1 amide bonds. The number of nitrogens with zero attached hydrogens (tertiary/aromatic N) is 1. The second-order valence-corrected chi connectivity index (χ2v) is 5.84. The third-order valence-corrected chi connectivity index (χ3v) is 3.74. The minimum Gasteiger partial charge on any atom is -0.384 e. The van der Waals surface area contributed by atoms with Crippen LogP contribution in [-0.2, 0) is 0 Å². The van der Waals surface area contributed by atoms with Gasteiger partial charge < -0.3 is 10.6 Å². The Hall–Kier alpha value is -2.36. The molecule has 0 aliphatic heterocycles. The van der Waals surface area contributed by atoms with E-state index in [0.717, 1.165) is 29.9 Å². The van der Waals surface area contributed by atoms with Crippen LogP contribution in [-0.4, -0.2) is 17.4 Å². The maximum Gasteiger partial charge on any atom is 0.274 e. The number of rotatable bonds is 7. The van der Waals surface area contributed by atoms with E-state index in [0.29, 0.717) is 5.69 Å². The zero-order valence-corrected chi connectivity index (χ0v) is 14.1. The van der Waals surface area contributed by atoms with Gasteiger partial charge in [-0.2, -0.15) is 0 Å². The molecule has 1 aromatic carbocycles. The summed E-state index contributed by atoms with van der Waals surface area (Å²) in [6.45, 7) is 7.14. The Kier molecular flexibility index (Phi) is 6.15. The molecule has 0 saturated carbocycles. The molecule has 1 aromatic heterocycles. The third-order valence-electron chi connectivity index (χ3n) is 3.74. The average molecular weight is 311 g/mol. The number of benzene rings is 1. The summed E-state index contributed by atoms with van der Waals surface area (Å²) in [5, 5.41) is 6.23. The van der Waals surface area contributed by atoms with E-state index in [2.05, 4.69) is 22.5 Å². The van der Waals surface area contributed by atoms with Gasteiger partial charge in [0.15, 0.2) is 0 Å². The number of pyridine rings is 1. The topological polar surface area (TPSA) is 54.0 Å². The Morgan fingerprint density at radius 3 is 2.61 bits per heavy atom. The summed E-state index contributed by atoms with van der Waals surface area (Å²) < 4.78 is 0. The van der Waals surface area contributed by atoms with Crippen molar-refractivity contribution in [1.82, 2.24) is 4.98 Å². The maximum atomic E-state index is 12.3. The van der Waals surface area contributed by atoms with Crippen LogP contribution in [0.25, 0.3) is 0 Å². The lowest BCUT2D eigenvalue weighted by Gasteiger charge is -2.09. The Bertz CT molecular complexity index is 650. The monoisotopic (exact) mass is 311 g/mol. The summed E-state index contributed by atoms with van der Waals surface area (Å²) in [7, 11) is 0. The normalized spacial score (nSPS) is 10.4. The van der Waals surface area contributed by atoms with Crippen LogP contribution in [0.3, 0.4) is 0 Å². The highest BCUT2D eigenvalue weighted by molar-refractivity contribution is 6.03. The molecule has 0 bridgehead atoms. The van der Waals surface area contributed by atoms with Crippen molar-refractivity contribution in [2.75, 3.05) is 17.2 Å². The lowest BCUT2D eigenvalue weighted by atomic mass is 10.1. The highest BCUT2D eigenvalue weighted by atomic mass is 16.1. The van der Waals surface area contributed by atoms with Crippen molar-refractivity contribution in [3.8, 4) is 0 Å². The zero-order valence-electron chi connectivity index (χ0n) is 14.1. The summed E-state index contributed by atoms with van der Waals surface area (Å²) >= 11 is 0. The van der Waals surface area contributed by atoms with E-state index >= 15 is 0 Å². The molecule has 0 spiro atoms. The fourth-order valence-corrected chi connectivity index (χ4v) is 2.38. The fraction of sp³-hybridized carbons (Fsp3) is 0.368. The second-order valence-electron chi connectivity index (χ2n) is 5.84. The van der Waals surface area contributed by atoms with E-state index in [-0.39, 0.29) is 5.91 Å². The van der Waals surface area contributed by atoms with Crippen molar-refractivity contribution in [3.63, 3.8) is 0 Å². The first kappa shape index (κ1) is 17.0. The van der Waals surface area contributed by atoms with Crippen molar-refractivity contribution in [3.05, 3.63) is 53.3 Å². The largest absolute Gasteiger partial charge is 0.384 e. The Labute approximate surface area is 138 Å². The van der Waals surface area contributed by atoms with Crippen molar-refractivity contribution in [2.45, 2.75) is 40.0 Å². The molecule has 0 unspecified atom stereocenters. The number of aromatic nitrogens is 1. The van der Waals surface area contributed by atoms with E-state index < -0.39 is 0 Å². The molecule has 0 atom stereocenters. The molecule has 0 aliphatic carbocycles. The van der Waals surface area contributed by atoms with Crippen LogP contribution in [0, 0.1) is 13.8 Å². The predicted octanol–water partition coefficient (Wildman–Crippen LogP) is 4.55. The van der Waals surface area contributed by atoms with Crippen LogP contribution in [0.4, 0.5) is 11.4 Å². The number of hydrogen-bond donors (Lipinski definition) is 2. The minimum atomic E-state index is -0.186. The Balaban J connectivity index is 1.94. The number of anilines is 2. The summed E-state index contributed by atoms with van der Waals surface area (Å²) in [5.41, 5.74) is 4.42. The molecular weight excluding hydrogens is 286 g/mol. The van der Waals surface area contributed by atoms with Gasteiger partial charge in [0.05, 0.1) is 11.9 Å². The number of unbranched alkanes of at least 4 members (excludes halogenated alkanes) is 2. The molecule has 2 N–H and O–H groups in total. The van der Waals surface area contributed by atoms with Crippen molar-refractivity contribution >= 4 is 17.3 Å². The van der Waals surface area contributed by atoms with Gasteiger partial charge >= 0.3 is 0 Å². The highest BCUT2D eigenvalue weighted by Gasteiger charge is 2.09. The third kappa shape index (κ3) is 5.09. The maximum absolute atomic E-state index is 12.3. The lowest BCUT2D eigenvalue weighted by Crippen LogP contribution is -2.14. The summed E-state index contributed by atoms with van der Waals surface area (Å²) in [6.07, 6.45) is 5.28. The Morgan fingerprint density at radius 2 is 1.96 bits per heavy atom. The van der Waals surface area contributed by atoms with Gasteiger partial charge in [0, 0.05) is 12.2 Å². The molecule has 0 saturated heterocycles. The molecule has 0 fully saturated rings. The van der Waals surface area contributed by atoms with Crippen molar-refractivity contribution in [1.29, 1.82) is 0 Å². The van der Waals surface area contributed by atoms with Gasteiger partial charge in [0.25, 0.3) is 5.91 Å². The van der Waals surface area contributed by atoms with Crippen LogP contribution in [0.2, 0.25) is 0 Å². The standard InChI is InChI=1S/C19H25N3O/c1-4-5-6-11-20-16-8-10-18(21-13-16)19(23)22-17-9-7-14(2)12-15(17)3/h7-10,12-13,20H,4-6,11H2,1-3H3,(H,22,23). The van der Waals surface area contributed by atoms with Gasteiger partial charge in [0.1, 0.15) is 5.69 Å². The molecule has 4 nitrogen and oxygen atoms in total. The fourth-order valence-electron chi connectivity index (χ4n) is 2.38. The molecular formula is C19H25N3O. The van der Waals surface area contributed by atoms with Gasteiger partial charge in [-0.25, -0.2) is 4.98 Å². The van der Waals surface area contributed by atoms with Crippen LogP contribution in [0.5, 0.6) is 0 Å². The zero-order chi connectivity index (χ0) is 16.7. The molecule has 0 aliphatic rings. The summed E-state index contributed by atoms with van der Waals surface area (Å²) in [4.78, 5) is 16.5. The first-order chi connectivity index (χ1) is 11.1. The molecule has 1 heterocycles. The van der Waals surface area contributed by atoms with Gasteiger partial charge in [-0.3, -0.25) is 4.79 Å². The average Bonchev–Trinajstić information content (AvgIpc) is 2.55. The van der Waals surface area contributed by atoms with E-state index in [1.807, 2.05) is 38.1 Å². The number of carbonyl (C=O) groups is 1. The quantitative estimate of drug-likeness (QED) is 0.737. The first-order valence-corrected chi connectivity index (χ1v) is 8.18. The van der Waals surface area contributed by atoms with Gasteiger partial charge in [0.2, 0.25) is 0 Å². The highest BCUT2D eigenvalue weighted by Crippen LogP contribution is 2.17. The molecule has 2 aromatic rings. The number of amides is 1.